The van der Waals surface area contributed by atoms with E-state index in [1.165, 1.54) is 0 Å². The molecule has 1 saturated heterocycles. The van der Waals surface area contributed by atoms with Gasteiger partial charge in [-0.2, -0.15) is 4.98 Å². The standard InChI is InChI=1S/C19H33N5O2/c1-5-10-23(11-6-2)17-14-15(4)20-18(22-17)21-16-8-12-24(13-9-16)19(25)26-7-3/h14,16H,5-13H2,1-4H3,(H,20,21,22). The maximum absolute atomic E-state index is 11.8. The summed E-state index contributed by atoms with van der Waals surface area (Å²) in [5, 5.41) is 3.46. The van der Waals surface area contributed by atoms with Crippen LogP contribution < -0.4 is 10.2 Å². The van der Waals surface area contributed by atoms with Gasteiger partial charge in [-0.15, -0.1) is 0 Å². The molecule has 0 spiro atoms. The lowest BCUT2D eigenvalue weighted by Crippen LogP contribution is -2.42. The van der Waals surface area contributed by atoms with Gasteiger partial charge in [0.2, 0.25) is 5.95 Å². The molecule has 1 aliphatic rings. The summed E-state index contributed by atoms with van der Waals surface area (Å²) in [6.07, 6.45) is 3.73. The van der Waals surface area contributed by atoms with Crippen LogP contribution in [-0.4, -0.2) is 59.8 Å². The molecule has 2 heterocycles. The molecule has 1 aromatic heterocycles. The number of aromatic nitrogens is 2. The summed E-state index contributed by atoms with van der Waals surface area (Å²) < 4.78 is 5.07. The average Bonchev–Trinajstić information content (AvgIpc) is 2.62. The molecule has 0 aliphatic carbocycles. The first-order chi connectivity index (χ1) is 12.6. The molecule has 0 unspecified atom stereocenters. The molecule has 1 aliphatic heterocycles. The number of likely N-dealkylation sites (tertiary alicyclic amines) is 1. The van der Waals surface area contributed by atoms with E-state index in [1.807, 2.05) is 13.8 Å². The number of hydrogen-bond acceptors (Lipinski definition) is 6. The molecule has 2 rings (SSSR count). The molecule has 1 aromatic rings. The van der Waals surface area contributed by atoms with Gasteiger partial charge in [-0.1, -0.05) is 13.8 Å². The van der Waals surface area contributed by atoms with Crippen molar-refractivity contribution in [2.24, 2.45) is 0 Å². The van der Waals surface area contributed by atoms with Crippen molar-refractivity contribution in [3.8, 4) is 0 Å². The lowest BCUT2D eigenvalue weighted by Gasteiger charge is -2.32. The van der Waals surface area contributed by atoms with E-state index in [0.717, 1.165) is 50.3 Å². The van der Waals surface area contributed by atoms with Crippen molar-refractivity contribution >= 4 is 17.9 Å². The van der Waals surface area contributed by atoms with Crippen LogP contribution in [0.5, 0.6) is 0 Å². The summed E-state index contributed by atoms with van der Waals surface area (Å²) in [5.41, 5.74) is 0.971. The van der Waals surface area contributed by atoms with E-state index in [2.05, 4.69) is 35.1 Å². The number of anilines is 2. The minimum atomic E-state index is -0.213. The van der Waals surface area contributed by atoms with E-state index in [-0.39, 0.29) is 12.1 Å². The number of nitrogens with one attached hydrogen (secondary N) is 1. The highest BCUT2D eigenvalue weighted by molar-refractivity contribution is 5.67. The first-order valence-corrected chi connectivity index (χ1v) is 9.86. The number of rotatable bonds is 8. The maximum atomic E-state index is 11.8. The van der Waals surface area contributed by atoms with Gasteiger partial charge in [0.05, 0.1) is 6.61 Å². The molecule has 0 bridgehead atoms. The quantitative estimate of drug-likeness (QED) is 0.763. The molecule has 146 valence electrons. The van der Waals surface area contributed by atoms with Gasteiger partial charge in [-0.3, -0.25) is 0 Å². The number of ether oxygens (including phenoxy) is 1. The fraction of sp³-hybridized carbons (Fsp3) is 0.737. The minimum absolute atomic E-state index is 0.213. The van der Waals surface area contributed by atoms with Crippen molar-refractivity contribution < 1.29 is 9.53 Å². The molecule has 0 saturated carbocycles. The van der Waals surface area contributed by atoms with Crippen molar-refractivity contribution in [1.29, 1.82) is 0 Å². The van der Waals surface area contributed by atoms with Crippen molar-refractivity contribution in [1.82, 2.24) is 14.9 Å². The summed E-state index contributed by atoms with van der Waals surface area (Å²) in [7, 11) is 0. The van der Waals surface area contributed by atoms with Crippen LogP contribution in [0.25, 0.3) is 0 Å². The van der Waals surface area contributed by atoms with Crippen LogP contribution in [0.15, 0.2) is 6.07 Å². The van der Waals surface area contributed by atoms with Gasteiger partial charge < -0.3 is 19.9 Å². The highest BCUT2D eigenvalue weighted by Gasteiger charge is 2.24. The molecule has 1 amide bonds. The van der Waals surface area contributed by atoms with Crippen LogP contribution in [0, 0.1) is 6.92 Å². The third-order valence-corrected chi connectivity index (χ3v) is 4.51. The first-order valence-electron chi connectivity index (χ1n) is 9.86. The Kier molecular flexibility index (Phi) is 7.94. The summed E-state index contributed by atoms with van der Waals surface area (Å²) in [6.45, 7) is 12.0. The van der Waals surface area contributed by atoms with Crippen LogP contribution in [0.4, 0.5) is 16.6 Å². The highest BCUT2D eigenvalue weighted by Crippen LogP contribution is 2.19. The monoisotopic (exact) mass is 363 g/mol. The van der Waals surface area contributed by atoms with Crippen LogP contribution in [0.3, 0.4) is 0 Å². The van der Waals surface area contributed by atoms with E-state index in [4.69, 9.17) is 9.72 Å². The number of amides is 1. The van der Waals surface area contributed by atoms with E-state index in [0.29, 0.717) is 25.6 Å². The normalized spacial score (nSPS) is 15.0. The highest BCUT2D eigenvalue weighted by atomic mass is 16.6. The van der Waals surface area contributed by atoms with Gasteiger partial charge in [-0.05, 0) is 39.5 Å². The summed E-state index contributed by atoms with van der Waals surface area (Å²) in [4.78, 5) is 25.2. The molecule has 26 heavy (non-hydrogen) atoms. The van der Waals surface area contributed by atoms with Crippen LogP contribution in [0.1, 0.15) is 52.1 Å². The Morgan fingerprint density at radius 1 is 1.23 bits per heavy atom. The molecule has 0 aromatic carbocycles. The lowest BCUT2D eigenvalue weighted by atomic mass is 10.1. The van der Waals surface area contributed by atoms with Crippen molar-refractivity contribution in [3.63, 3.8) is 0 Å². The van der Waals surface area contributed by atoms with Gasteiger partial charge in [0.25, 0.3) is 0 Å². The zero-order valence-corrected chi connectivity index (χ0v) is 16.6. The van der Waals surface area contributed by atoms with E-state index in [9.17, 15) is 4.79 Å². The van der Waals surface area contributed by atoms with Crippen LogP contribution in [-0.2, 0) is 4.74 Å². The zero-order chi connectivity index (χ0) is 18.9. The molecule has 7 heteroatoms. The zero-order valence-electron chi connectivity index (χ0n) is 16.6. The molecule has 1 N–H and O–H groups in total. The number of nitrogens with zero attached hydrogens (tertiary/aromatic N) is 4. The Hall–Kier alpha value is -2.05. The number of carbonyl (C=O) groups excluding carboxylic acids is 1. The Morgan fingerprint density at radius 2 is 1.88 bits per heavy atom. The van der Waals surface area contributed by atoms with Crippen molar-refractivity contribution in [2.75, 3.05) is 43.0 Å². The minimum Gasteiger partial charge on any atom is -0.450 e. The smallest absolute Gasteiger partial charge is 0.409 e. The SMILES string of the molecule is CCCN(CCC)c1cc(C)nc(NC2CCN(C(=O)OCC)CC2)n1. The predicted octanol–water partition coefficient (Wildman–Crippen LogP) is 3.44. The van der Waals surface area contributed by atoms with Crippen LogP contribution >= 0.6 is 0 Å². The maximum Gasteiger partial charge on any atom is 0.409 e. The van der Waals surface area contributed by atoms with E-state index >= 15 is 0 Å². The van der Waals surface area contributed by atoms with E-state index < -0.39 is 0 Å². The Labute approximate surface area is 157 Å². The third kappa shape index (κ3) is 5.75. The second-order valence-electron chi connectivity index (χ2n) is 6.78. The van der Waals surface area contributed by atoms with Gasteiger partial charge in [0, 0.05) is 44.0 Å². The van der Waals surface area contributed by atoms with Gasteiger partial charge in [0.1, 0.15) is 5.82 Å². The predicted molar refractivity (Wildman–Crippen MR) is 105 cm³/mol. The van der Waals surface area contributed by atoms with Crippen LogP contribution in [0.2, 0.25) is 0 Å². The molecule has 0 radical (unpaired) electrons. The summed E-state index contributed by atoms with van der Waals surface area (Å²) in [6, 6.07) is 2.33. The molecule has 1 fully saturated rings. The molecule has 0 atom stereocenters. The van der Waals surface area contributed by atoms with Gasteiger partial charge >= 0.3 is 6.09 Å². The third-order valence-electron chi connectivity index (χ3n) is 4.51. The Morgan fingerprint density at radius 3 is 2.46 bits per heavy atom. The van der Waals surface area contributed by atoms with Gasteiger partial charge in [-0.25, -0.2) is 9.78 Å². The number of carbonyl (C=O) groups is 1. The summed E-state index contributed by atoms with van der Waals surface area (Å²) >= 11 is 0. The number of aryl methyl sites for hydroxylation is 1. The second kappa shape index (κ2) is 10.2. The first kappa shape index (κ1) is 20.3. The fourth-order valence-corrected chi connectivity index (χ4v) is 3.26. The lowest BCUT2D eigenvalue weighted by molar-refractivity contribution is 0.0983. The Bertz CT molecular complexity index is 567. The van der Waals surface area contributed by atoms with Crippen molar-refractivity contribution in [3.05, 3.63) is 11.8 Å². The largest absolute Gasteiger partial charge is 0.450 e. The number of hydrogen-bond donors (Lipinski definition) is 1. The van der Waals surface area contributed by atoms with Gasteiger partial charge in [0.15, 0.2) is 0 Å². The number of piperidine rings is 1. The average molecular weight is 364 g/mol. The fourth-order valence-electron chi connectivity index (χ4n) is 3.26. The summed E-state index contributed by atoms with van der Waals surface area (Å²) in [5.74, 6) is 1.68. The second-order valence-corrected chi connectivity index (χ2v) is 6.78. The van der Waals surface area contributed by atoms with Crippen molar-refractivity contribution in [2.45, 2.75) is 59.4 Å². The Balaban J connectivity index is 1.98. The topological polar surface area (TPSA) is 70.6 Å². The molecular formula is C19H33N5O2. The molecular weight excluding hydrogens is 330 g/mol. The molecule has 7 nitrogen and oxygen atoms in total. The van der Waals surface area contributed by atoms with E-state index in [1.54, 1.807) is 4.90 Å².